The van der Waals surface area contributed by atoms with E-state index in [2.05, 4.69) is 10.3 Å². The van der Waals surface area contributed by atoms with Gasteiger partial charge in [0.25, 0.3) is 5.56 Å². The molecule has 1 saturated heterocycles. The number of thioether (sulfide) groups is 1. The normalized spacial score (nSPS) is 16.5. The number of aliphatic imine (C=N–C) groups is 1. The zero-order valence-corrected chi connectivity index (χ0v) is 18.7. The summed E-state index contributed by atoms with van der Waals surface area (Å²) >= 11 is 6.91. The van der Waals surface area contributed by atoms with Crippen molar-refractivity contribution >= 4 is 40.0 Å². The molecular weight excluding hydrogens is 444 g/mol. The summed E-state index contributed by atoms with van der Waals surface area (Å²) in [6, 6.07) is 6.55. The average Bonchev–Trinajstić information content (AvgIpc) is 3.28. The van der Waals surface area contributed by atoms with E-state index in [0.29, 0.717) is 23.9 Å². The van der Waals surface area contributed by atoms with Gasteiger partial charge in [-0.15, -0.1) is 0 Å². The van der Waals surface area contributed by atoms with Gasteiger partial charge in [-0.1, -0.05) is 23.4 Å². The molecule has 0 radical (unpaired) electrons. The first-order chi connectivity index (χ1) is 14.8. The molecule has 2 heterocycles. The molecule has 0 unspecified atom stereocenters. The van der Waals surface area contributed by atoms with E-state index >= 15 is 0 Å². The number of aromatic nitrogens is 2. The van der Waals surface area contributed by atoms with Crippen LogP contribution in [0.1, 0.15) is 18.4 Å². The van der Waals surface area contributed by atoms with Crippen molar-refractivity contribution in [2.24, 2.45) is 19.1 Å². The largest absolute Gasteiger partial charge is 0.494 e. The topological polar surface area (TPSA) is 115 Å². The molecule has 166 valence electrons. The molecule has 9 nitrogen and oxygen atoms in total. The molecule has 1 aromatic carbocycles. The highest BCUT2D eigenvalue weighted by molar-refractivity contribution is 8.15. The molecule has 11 heteroatoms. The number of carbonyl (C=O) groups excluding carboxylic acids is 1. The maximum Gasteiger partial charge on any atom is 0.333 e. The zero-order chi connectivity index (χ0) is 22.5. The predicted octanol–water partition coefficient (Wildman–Crippen LogP) is 1.55. The first-order valence-corrected chi connectivity index (χ1v) is 11.0. The van der Waals surface area contributed by atoms with E-state index in [0.717, 1.165) is 33.7 Å². The van der Waals surface area contributed by atoms with Gasteiger partial charge < -0.3 is 15.2 Å². The van der Waals surface area contributed by atoms with Gasteiger partial charge in [0, 0.05) is 32.3 Å². The summed E-state index contributed by atoms with van der Waals surface area (Å²) in [5, 5.41) is 13.9. The van der Waals surface area contributed by atoms with Crippen LogP contribution in [-0.2, 0) is 23.6 Å². The molecule has 1 amide bonds. The number of hydrogen-bond donors (Lipinski definition) is 2. The molecule has 3 rings (SSSR count). The second kappa shape index (κ2) is 10.2. The molecule has 1 fully saturated rings. The third-order valence-corrected chi connectivity index (χ3v) is 6.02. The molecule has 2 aromatic rings. The molecule has 0 saturated carbocycles. The van der Waals surface area contributed by atoms with Crippen molar-refractivity contribution in [2.75, 3.05) is 18.9 Å². The molecule has 0 bridgehead atoms. The minimum absolute atomic E-state index is 0.0103. The van der Waals surface area contributed by atoms with Crippen LogP contribution in [0.25, 0.3) is 0 Å². The summed E-state index contributed by atoms with van der Waals surface area (Å²) in [6.07, 6.45) is 1.89. The summed E-state index contributed by atoms with van der Waals surface area (Å²) in [6.45, 7) is 1.11. The van der Waals surface area contributed by atoms with E-state index in [4.69, 9.17) is 16.3 Å². The Morgan fingerprint density at radius 3 is 2.65 bits per heavy atom. The van der Waals surface area contributed by atoms with Crippen LogP contribution in [0.4, 0.5) is 5.69 Å². The summed E-state index contributed by atoms with van der Waals surface area (Å²) in [4.78, 5) is 41.6. The van der Waals surface area contributed by atoms with Crippen LogP contribution < -0.4 is 16.6 Å². The van der Waals surface area contributed by atoms with Crippen molar-refractivity contribution in [1.29, 1.82) is 0 Å². The number of carbonyl (C=O) groups is 1. The van der Waals surface area contributed by atoms with Gasteiger partial charge in [-0.2, -0.15) is 0 Å². The second-order valence-electron chi connectivity index (χ2n) is 7.03. The predicted molar refractivity (Wildman–Crippen MR) is 121 cm³/mol. The summed E-state index contributed by atoms with van der Waals surface area (Å²) in [7, 11) is 2.66. The Labute approximate surface area is 187 Å². The van der Waals surface area contributed by atoms with Crippen molar-refractivity contribution in [3.8, 4) is 5.88 Å². The molecule has 1 aliphatic heterocycles. The Hall–Kier alpha value is -2.56. The fourth-order valence-corrected chi connectivity index (χ4v) is 4.02. The van der Waals surface area contributed by atoms with Gasteiger partial charge in [0.1, 0.15) is 10.6 Å². The van der Waals surface area contributed by atoms with Gasteiger partial charge in [0.05, 0.1) is 17.5 Å². The lowest BCUT2D eigenvalue weighted by Crippen LogP contribution is -2.40. The smallest absolute Gasteiger partial charge is 0.333 e. The third-order valence-electron chi connectivity index (χ3n) is 4.80. The van der Waals surface area contributed by atoms with Crippen LogP contribution in [-0.4, -0.2) is 50.2 Å². The summed E-state index contributed by atoms with van der Waals surface area (Å²) < 4.78 is 7.32. The number of amides is 1. The van der Waals surface area contributed by atoms with Crippen molar-refractivity contribution in [2.45, 2.75) is 18.9 Å². The van der Waals surface area contributed by atoms with E-state index in [1.165, 1.54) is 14.1 Å². The number of hydrogen-bond acceptors (Lipinski definition) is 7. The average molecular weight is 467 g/mol. The highest BCUT2D eigenvalue weighted by atomic mass is 35.5. The Kier molecular flexibility index (Phi) is 7.58. The Bertz CT molecular complexity index is 1100. The van der Waals surface area contributed by atoms with Crippen LogP contribution in [0.5, 0.6) is 5.88 Å². The molecule has 2 N–H and O–H groups in total. The number of nitrogens with zero attached hydrogens (tertiary/aromatic N) is 3. The minimum Gasteiger partial charge on any atom is -0.494 e. The number of rotatable bonds is 6. The van der Waals surface area contributed by atoms with E-state index in [1.807, 2.05) is 0 Å². The Balaban J connectivity index is 1.89. The second-order valence-corrected chi connectivity index (χ2v) is 8.43. The van der Waals surface area contributed by atoms with Crippen LogP contribution in [0.15, 0.2) is 38.8 Å². The first-order valence-electron chi connectivity index (χ1n) is 9.62. The number of benzene rings is 1. The van der Waals surface area contributed by atoms with Gasteiger partial charge in [0.2, 0.25) is 11.8 Å². The lowest BCUT2D eigenvalue weighted by Gasteiger charge is -2.13. The van der Waals surface area contributed by atoms with Crippen molar-refractivity contribution in [1.82, 2.24) is 14.5 Å². The SMILES string of the molecule is Cn1c(O)c(C(=Nc2ccc(Cl)cc2)SCC(=O)NC[C@H]2CCCO2)c(=O)n(C)c1=O. The lowest BCUT2D eigenvalue weighted by atomic mass is 10.2. The van der Waals surface area contributed by atoms with Crippen LogP contribution in [0, 0.1) is 0 Å². The van der Waals surface area contributed by atoms with Gasteiger partial charge in [0.15, 0.2) is 0 Å². The minimum atomic E-state index is -0.708. The standard InChI is InChI=1S/C20H23ClN4O5S/c1-24-18(27)16(19(28)25(2)20(24)29)17(23-13-7-5-12(21)6-8-13)31-11-15(26)22-10-14-4-3-9-30-14/h5-8,14,27H,3-4,9-11H2,1-2H3,(H,22,26)/t14-/m1/s1. The highest BCUT2D eigenvalue weighted by Crippen LogP contribution is 2.24. The first kappa shape index (κ1) is 23.1. The molecule has 1 aromatic heterocycles. The van der Waals surface area contributed by atoms with Crippen molar-refractivity contribution in [3.05, 3.63) is 55.7 Å². The monoisotopic (exact) mass is 466 g/mol. The number of ether oxygens (including phenoxy) is 1. The maximum atomic E-state index is 12.8. The van der Waals surface area contributed by atoms with Gasteiger partial charge in [-0.3, -0.25) is 18.7 Å². The van der Waals surface area contributed by atoms with Crippen molar-refractivity contribution in [3.63, 3.8) is 0 Å². The molecule has 1 aliphatic rings. The van der Waals surface area contributed by atoms with E-state index in [-0.39, 0.29) is 28.4 Å². The van der Waals surface area contributed by atoms with E-state index in [9.17, 15) is 19.5 Å². The van der Waals surface area contributed by atoms with E-state index in [1.54, 1.807) is 24.3 Å². The number of halogens is 1. The van der Waals surface area contributed by atoms with Crippen molar-refractivity contribution < 1.29 is 14.6 Å². The maximum absolute atomic E-state index is 12.8. The van der Waals surface area contributed by atoms with Gasteiger partial charge in [-0.25, -0.2) is 9.79 Å². The van der Waals surface area contributed by atoms with E-state index < -0.39 is 17.1 Å². The molecule has 0 spiro atoms. The van der Waals surface area contributed by atoms with Gasteiger partial charge in [-0.05, 0) is 37.1 Å². The third kappa shape index (κ3) is 5.57. The zero-order valence-electron chi connectivity index (χ0n) is 17.1. The number of nitrogens with one attached hydrogen (secondary N) is 1. The molecule has 1 atom stereocenters. The number of aromatic hydroxyl groups is 1. The Morgan fingerprint density at radius 2 is 2.00 bits per heavy atom. The highest BCUT2D eigenvalue weighted by Gasteiger charge is 2.22. The quantitative estimate of drug-likeness (QED) is 0.493. The fourth-order valence-electron chi connectivity index (χ4n) is 3.03. The molecule has 31 heavy (non-hydrogen) atoms. The fraction of sp³-hybridized carbons (Fsp3) is 0.400. The Morgan fingerprint density at radius 1 is 1.29 bits per heavy atom. The molecule has 0 aliphatic carbocycles. The lowest BCUT2D eigenvalue weighted by molar-refractivity contribution is -0.119. The van der Waals surface area contributed by atoms with Gasteiger partial charge >= 0.3 is 5.69 Å². The van der Waals surface area contributed by atoms with Crippen LogP contribution in [0.3, 0.4) is 0 Å². The van der Waals surface area contributed by atoms with Crippen LogP contribution in [0.2, 0.25) is 5.02 Å². The summed E-state index contributed by atoms with van der Waals surface area (Å²) in [5.74, 6) is -0.816. The van der Waals surface area contributed by atoms with Crippen LogP contribution >= 0.6 is 23.4 Å². The molecular formula is C20H23ClN4O5S. The summed E-state index contributed by atoms with van der Waals surface area (Å²) in [5.41, 5.74) is -1.06.